The number of nitrogens with zero attached hydrogens (tertiary/aromatic N) is 4. The van der Waals surface area contributed by atoms with Crippen LogP contribution in [-0.4, -0.2) is 53.2 Å². The minimum Gasteiger partial charge on any atom is -0.569 e. The van der Waals surface area contributed by atoms with Crippen molar-refractivity contribution in [3.8, 4) is 5.75 Å². The second kappa shape index (κ2) is 12.9. The van der Waals surface area contributed by atoms with E-state index < -0.39 is 12.0 Å². The Morgan fingerprint density at radius 2 is 2.05 bits per heavy atom. The molecule has 11 nitrogen and oxygen atoms in total. The molecule has 3 heterocycles. The largest absolute Gasteiger partial charge is 0.569 e. The van der Waals surface area contributed by atoms with Crippen LogP contribution >= 0.6 is 11.6 Å². The van der Waals surface area contributed by atoms with Gasteiger partial charge in [-0.05, 0) is 56.7 Å². The molecule has 1 fully saturated rings. The lowest BCUT2D eigenvalue weighted by Crippen LogP contribution is -2.41. The van der Waals surface area contributed by atoms with Crippen LogP contribution in [-0.2, 0) is 30.5 Å². The number of carbonyl (C=O) groups excluding carboxylic acids is 2. The molecule has 4 rings (SSSR count). The molecule has 0 spiro atoms. The molecule has 2 aromatic rings. The van der Waals surface area contributed by atoms with Crippen LogP contribution in [0.4, 0.5) is 0 Å². The predicted molar refractivity (Wildman–Crippen MR) is 135 cm³/mol. The van der Waals surface area contributed by atoms with Crippen molar-refractivity contribution < 1.29 is 33.6 Å². The maximum absolute atomic E-state index is 12.5. The van der Waals surface area contributed by atoms with E-state index in [1.807, 2.05) is 24.3 Å². The average molecular weight is 547 g/mol. The topological polar surface area (TPSA) is 126 Å². The van der Waals surface area contributed by atoms with Crippen LogP contribution in [0, 0.1) is 12.1 Å². The SMILES string of the molecule is COC(=O)[C@@H]1CCCN1/[N+]([O-])=N\OCCCCCC(=O)Oc1c(C)ncc2c1CO[C@H]2c1ccc(Cl)cc1. The standard InChI is InChI=1S/C26H31ClN4O7/c1-17-24(21-16-36-25(20(21)15-28-17)18-9-11-19(27)12-10-18)38-23(32)8-4-3-5-14-37-29-31(34)30-13-6-7-22(30)26(33)35-2/h9-12,15,22,25H,3-8,13-14,16H2,1-2H3/b31-29+/t22-,25-/m0/s1. The van der Waals surface area contributed by atoms with E-state index in [2.05, 4.69) is 10.3 Å². The number of aromatic nitrogens is 1. The third kappa shape index (κ3) is 6.51. The van der Waals surface area contributed by atoms with Crippen LogP contribution in [0.25, 0.3) is 0 Å². The number of methoxy groups -OCH3 is 1. The van der Waals surface area contributed by atoms with Gasteiger partial charge in [0.1, 0.15) is 12.7 Å². The fraction of sp³-hybridized carbons (Fsp3) is 0.500. The quantitative estimate of drug-likeness (QED) is 0.131. The number of halogens is 1. The number of hydrogen-bond acceptors (Lipinski definition) is 9. The number of ether oxygens (including phenoxy) is 3. The summed E-state index contributed by atoms with van der Waals surface area (Å²) in [5, 5.41) is 17.6. The van der Waals surface area contributed by atoms with Gasteiger partial charge in [-0.25, -0.2) is 4.79 Å². The summed E-state index contributed by atoms with van der Waals surface area (Å²) in [7, 11) is 1.29. The molecule has 0 radical (unpaired) electrons. The maximum atomic E-state index is 12.5. The van der Waals surface area contributed by atoms with Gasteiger partial charge in [0.25, 0.3) is 0 Å². The van der Waals surface area contributed by atoms with Crippen molar-refractivity contribution in [3.63, 3.8) is 0 Å². The molecule has 1 aromatic carbocycles. The molecular weight excluding hydrogens is 516 g/mol. The van der Waals surface area contributed by atoms with E-state index in [1.54, 1.807) is 13.1 Å². The van der Waals surface area contributed by atoms with Gasteiger partial charge >= 0.3 is 11.9 Å². The van der Waals surface area contributed by atoms with E-state index in [0.717, 1.165) is 16.7 Å². The third-order valence-electron chi connectivity index (χ3n) is 6.58. The van der Waals surface area contributed by atoms with E-state index >= 15 is 0 Å². The Hall–Kier alpha value is -3.44. The van der Waals surface area contributed by atoms with Crippen molar-refractivity contribution in [1.82, 2.24) is 9.99 Å². The summed E-state index contributed by atoms with van der Waals surface area (Å²) in [5.74, 6) is -0.364. The molecule has 0 bridgehead atoms. The lowest BCUT2D eigenvalue weighted by atomic mass is 10.0. The Kier molecular flexibility index (Phi) is 9.35. The molecule has 38 heavy (non-hydrogen) atoms. The summed E-state index contributed by atoms with van der Waals surface area (Å²) in [6.45, 7) is 2.74. The Labute approximate surface area is 225 Å². The Bertz CT molecular complexity index is 1170. The lowest BCUT2D eigenvalue weighted by molar-refractivity contribution is -0.712. The van der Waals surface area contributed by atoms with E-state index in [4.69, 9.17) is 30.6 Å². The molecule has 2 aliphatic heterocycles. The Morgan fingerprint density at radius 3 is 2.82 bits per heavy atom. The molecule has 2 atom stereocenters. The summed E-state index contributed by atoms with van der Waals surface area (Å²) in [5.41, 5.74) is 3.28. The molecule has 0 N–H and O–H groups in total. The summed E-state index contributed by atoms with van der Waals surface area (Å²) < 4.78 is 16.4. The van der Waals surface area contributed by atoms with Crippen LogP contribution in [0.5, 0.6) is 5.75 Å². The third-order valence-corrected chi connectivity index (χ3v) is 6.83. The molecule has 204 valence electrons. The Balaban J connectivity index is 1.21. The lowest BCUT2D eigenvalue weighted by Gasteiger charge is -2.17. The number of hydrogen-bond donors (Lipinski definition) is 0. The maximum Gasteiger partial charge on any atom is 0.334 e. The zero-order chi connectivity index (χ0) is 27.1. The van der Waals surface area contributed by atoms with Gasteiger partial charge in [0.05, 0.1) is 30.9 Å². The molecular formula is C26H31ClN4O7. The smallest absolute Gasteiger partial charge is 0.334 e. The number of fused-ring (bicyclic) bond motifs is 1. The van der Waals surface area contributed by atoms with Crippen LogP contribution in [0.3, 0.4) is 0 Å². The van der Waals surface area contributed by atoms with Gasteiger partial charge in [-0.15, -0.1) is 5.01 Å². The fourth-order valence-electron chi connectivity index (χ4n) is 4.58. The van der Waals surface area contributed by atoms with E-state index in [1.165, 1.54) is 12.1 Å². The first-order valence-electron chi connectivity index (χ1n) is 12.6. The first kappa shape index (κ1) is 27.6. The molecule has 0 saturated carbocycles. The average Bonchev–Trinajstić information content (AvgIpc) is 3.57. The number of hydrazine groups is 1. The minimum atomic E-state index is -0.643. The number of unbranched alkanes of at least 4 members (excludes halogenated alkanes) is 2. The normalized spacial score (nSPS) is 18.8. The highest BCUT2D eigenvalue weighted by Gasteiger charge is 2.37. The van der Waals surface area contributed by atoms with Crippen molar-refractivity contribution in [2.75, 3.05) is 20.3 Å². The Morgan fingerprint density at radius 1 is 1.26 bits per heavy atom. The van der Waals surface area contributed by atoms with Gasteiger partial charge in [0.2, 0.25) is 5.28 Å². The number of rotatable bonds is 11. The van der Waals surface area contributed by atoms with Crippen molar-refractivity contribution in [1.29, 1.82) is 0 Å². The minimum absolute atomic E-state index is 0.211. The molecule has 12 heteroatoms. The highest BCUT2D eigenvalue weighted by atomic mass is 35.5. The second-order valence-corrected chi connectivity index (χ2v) is 9.58. The molecule has 0 unspecified atom stereocenters. The zero-order valence-electron chi connectivity index (χ0n) is 21.4. The highest BCUT2D eigenvalue weighted by molar-refractivity contribution is 6.30. The molecule has 1 aromatic heterocycles. The first-order chi connectivity index (χ1) is 18.4. The number of esters is 2. The van der Waals surface area contributed by atoms with Crippen LogP contribution in [0.1, 0.15) is 67.0 Å². The van der Waals surface area contributed by atoms with Gasteiger partial charge in [0, 0.05) is 28.8 Å². The first-order valence-corrected chi connectivity index (χ1v) is 13.0. The number of aryl methyl sites for hydroxylation is 1. The number of carbonyl (C=O) groups is 2. The number of pyridine rings is 1. The van der Waals surface area contributed by atoms with Crippen LogP contribution < -0.4 is 4.74 Å². The molecule has 0 aliphatic carbocycles. The molecule has 2 aliphatic rings. The number of benzene rings is 1. The van der Waals surface area contributed by atoms with Crippen LogP contribution in [0.15, 0.2) is 35.7 Å². The molecule has 1 saturated heterocycles. The van der Waals surface area contributed by atoms with Crippen molar-refractivity contribution >= 4 is 23.5 Å². The highest BCUT2D eigenvalue weighted by Crippen LogP contribution is 2.41. The second-order valence-electron chi connectivity index (χ2n) is 9.15. The molecule has 0 amide bonds. The van der Waals surface area contributed by atoms with Crippen molar-refractivity contribution in [2.24, 2.45) is 5.28 Å². The summed E-state index contributed by atoms with van der Waals surface area (Å²) in [4.78, 5) is 34.1. The zero-order valence-corrected chi connectivity index (χ0v) is 22.2. The van der Waals surface area contributed by atoms with Crippen molar-refractivity contribution in [2.45, 2.75) is 64.2 Å². The van der Waals surface area contributed by atoms with Crippen molar-refractivity contribution in [3.05, 3.63) is 63.1 Å². The summed E-state index contributed by atoms with van der Waals surface area (Å²) >= 11 is 6.00. The fourth-order valence-corrected chi connectivity index (χ4v) is 4.70. The van der Waals surface area contributed by atoms with Gasteiger partial charge in [-0.2, -0.15) is 0 Å². The predicted octanol–water partition coefficient (Wildman–Crippen LogP) is 4.58. The van der Waals surface area contributed by atoms with Gasteiger partial charge in [-0.1, -0.05) is 23.7 Å². The monoisotopic (exact) mass is 546 g/mol. The van der Waals surface area contributed by atoms with Crippen LogP contribution in [0.2, 0.25) is 5.02 Å². The summed E-state index contributed by atoms with van der Waals surface area (Å²) in [6.07, 6.45) is 4.81. The van der Waals surface area contributed by atoms with Gasteiger partial charge < -0.3 is 24.3 Å². The van der Waals surface area contributed by atoms with Gasteiger partial charge in [-0.3, -0.25) is 9.78 Å². The summed E-state index contributed by atoms with van der Waals surface area (Å²) in [6, 6.07) is 6.79. The van der Waals surface area contributed by atoms with Gasteiger partial charge in [0.15, 0.2) is 11.8 Å². The van der Waals surface area contributed by atoms with E-state index in [-0.39, 0.29) is 25.1 Å². The van der Waals surface area contributed by atoms with E-state index in [0.29, 0.717) is 66.7 Å². The van der Waals surface area contributed by atoms with E-state index in [9.17, 15) is 14.8 Å².